The highest BCUT2D eigenvalue weighted by Crippen LogP contribution is 2.20. The summed E-state index contributed by atoms with van der Waals surface area (Å²) in [5, 5.41) is 3.91. The van der Waals surface area contributed by atoms with E-state index in [-0.39, 0.29) is 17.1 Å². The molecular formula is C27H27F3N6O5. The second-order valence-corrected chi connectivity index (χ2v) is 9.15. The number of hydrogen-bond donors (Lipinski definition) is 3. The van der Waals surface area contributed by atoms with E-state index in [0.717, 1.165) is 27.8 Å². The zero-order valence-corrected chi connectivity index (χ0v) is 22.1. The van der Waals surface area contributed by atoms with E-state index in [1.54, 1.807) is 23.5 Å². The number of nitrogens with zero attached hydrogens (tertiary/aromatic N) is 3. The monoisotopic (exact) mass is 572 g/mol. The summed E-state index contributed by atoms with van der Waals surface area (Å²) in [6.45, 7) is -1.57. The Kier molecular flexibility index (Phi) is 9.60. The van der Waals surface area contributed by atoms with Gasteiger partial charge in [0.25, 0.3) is 11.5 Å². The lowest BCUT2D eigenvalue weighted by atomic mass is 9.98. The summed E-state index contributed by atoms with van der Waals surface area (Å²) in [5.74, 6) is -10.9. The van der Waals surface area contributed by atoms with Crippen molar-refractivity contribution in [3.8, 4) is 11.4 Å². The van der Waals surface area contributed by atoms with Gasteiger partial charge in [0.2, 0.25) is 17.6 Å². The van der Waals surface area contributed by atoms with Crippen LogP contribution in [0.15, 0.2) is 65.6 Å². The molecule has 3 rings (SSSR count). The predicted octanol–water partition coefficient (Wildman–Crippen LogP) is 0.768. The molecule has 0 radical (unpaired) electrons. The normalized spacial score (nSPS) is 11.8. The van der Waals surface area contributed by atoms with Gasteiger partial charge in [-0.15, -0.1) is 0 Å². The van der Waals surface area contributed by atoms with Crippen molar-refractivity contribution < 1.29 is 32.3 Å². The Morgan fingerprint density at radius 1 is 1.05 bits per heavy atom. The third kappa shape index (κ3) is 7.56. The minimum absolute atomic E-state index is 0.0689. The maximum absolute atomic E-state index is 15.0. The van der Waals surface area contributed by atoms with Crippen LogP contribution in [0, 0.1) is 5.82 Å². The number of nitrogens with one attached hydrogen (secondary N) is 2. The second-order valence-electron chi connectivity index (χ2n) is 9.15. The van der Waals surface area contributed by atoms with Gasteiger partial charge < -0.3 is 21.3 Å². The number of nitrogens with two attached hydrogens (primary N) is 1. The van der Waals surface area contributed by atoms with Crippen LogP contribution in [-0.4, -0.2) is 70.6 Å². The van der Waals surface area contributed by atoms with E-state index in [0.29, 0.717) is 5.56 Å². The lowest BCUT2D eigenvalue weighted by Gasteiger charge is -2.23. The first-order valence-electron chi connectivity index (χ1n) is 12.2. The molecule has 11 nitrogen and oxygen atoms in total. The molecule has 0 saturated heterocycles. The largest absolute Gasteiger partial charge is 0.393 e. The number of halogens is 3. The lowest BCUT2D eigenvalue weighted by Crippen LogP contribution is -2.56. The molecule has 1 atom stereocenters. The molecular weight excluding hydrogens is 545 g/mol. The highest BCUT2D eigenvalue weighted by atomic mass is 19.3. The van der Waals surface area contributed by atoms with Gasteiger partial charge in [-0.25, -0.2) is 9.37 Å². The fourth-order valence-corrected chi connectivity index (χ4v) is 3.68. The molecule has 1 heterocycles. The number of likely N-dealkylation sites (N-methyl/N-ethyl adjacent to an activating group) is 1. The number of hydrogen-bond acceptors (Lipinski definition) is 7. The molecule has 216 valence electrons. The summed E-state index contributed by atoms with van der Waals surface area (Å²) >= 11 is 0. The van der Waals surface area contributed by atoms with Gasteiger partial charge in [0, 0.05) is 26.1 Å². The van der Waals surface area contributed by atoms with Crippen molar-refractivity contribution >= 4 is 29.2 Å². The first-order valence-corrected chi connectivity index (χ1v) is 12.2. The standard InChI is InChI=1S/C27H27F3N6O5/c1-35(2)22(38)14-33-26(41)27(29,30)23(39)20(12-16-6-4-3-5-7-16)34-21(37)15-36-24(32-13-19(31)25(36)40)17-8-10-18(28)11-9-17/h3-11,13,20H,12,14-15,31H2,1-2H3,(H,33,41)(H,34,37). The Bertz CT molecular complexity index is 1490. The Morgan fingerprint density at radius 3 is 2.29 bits per heavy atom. The van der Waals surface area contributed by atoms with Gasteiger partial charge in [-0.3, -0.25) is 28.5 Å². The Balaban J connectivity index is 1.89. The molecule has 4 N–H and O–H groups in total. The van der Waals surface area contributed by atoms with Gasteiger partial charge >= 0.3 is 5.92 Å². The van der Waals surface area contributed by atoms with Crippen molar-refractivity contribution in [2.24, 2.45) is 0 Å². The molecule has 0 aliphatic carbocycles. The minimum Gasteiger partial charge on any atom is -0.393 e. The van der Waals surface area contributed by atoms with Crippen LogP contribution in [0.4, 0.5) is 18.9 Å². The van der Waals surface area contributed by atoms with Crippen LogP contribution >= 0.6 is 0 Å². The highest BCUT2D eigenvalue weighted by molar-refractivity contribution is 6.11. The van der Waals surface area contributed by atoms with Crippen LogP contribution in [-0.2, 0) is 32.1 Å². The van der Waals surface area contributed by atoms with E-state index in [1.165, 1.54) is 38.4 Å². The number of alkyl halides is 2. The molecule has 14 heteroatoms. The molecule has 0 aliphatic rings. The molecule has 0 fully saturated rings. The minimum atomic E-state index is -4.62. The molecule has 0 spiro atoms. The van der Waals surface area contributed by atoms with E-state index in [1.807, 2.05) is 0 Å². The molecule has 2 aromatic carbocycles. The van der Waals surface area contributed by atoms with Crippen LogP contribution in [0.2, 0.25) is 0 Å². The maximum Gasteiger partial charge on any atom is 0.383 e. The number of carbonyl (C=O) groups excluding carboxylic acids is 4. The van der Waals surface area contributed by atoms with E-state index in [9.17, 15) is 37.1 Å². The van der Waals surface area contributed by atoms with Crippen molar-refractivity contribution in [1.29, 1.82) is 0 Å². The maximum atomic E-state index is 15.0. The number of Topliss-reactive ketones (excluding diaryl/α,β-unsaturated/α-hetero) is 1. The molecule has 1 aromatic heterocycles. The van der Waals surface area contributed by atoms with Gasteiger partial charge in [0.1, 0.15) is 23.9 Å². The van der Waals surface area contributed by atoms with Crippen molar-refractivity contribution in [2.45, 2.75) is 24.9 Å². The average molecular weight is 573 g/mol. The van der Waals surface area contributed by atoms with Crippen molar-refractivity contribution in [3.05, 3.63) is 82.5 Å². The van der Waals surface area contributed by atoms with Crippen LogP contribution < -0.4 is 21.9 Å². The van der Waals surface area contributed by atoms with Crippen molar-refractivity contribution in [1.82, 2.24) is 25.1 Å². The van der Waals surface area contributed by atoms with Crippen LogP contribution in [0.3, 0.4) is 0 Å². The lowest BCUT2D eigenvalue weighted by molar-refractivity contribution is -0.160. The van der Waals surface area contributed by atoms with Crippen LogP contribution in [0.5, 0.6) is 0 Å². The zero-order valence-electron chi connectivity index (χ0n) is 22.1. The summed E-state index contributed by atoms with van der Waals surface area (Å²) in [4.78, 5) is 67.8. The quantitative estimate of drug-likeness (QED) is 0.287. The number of carbonyl (C=O) groups is 4. The molecule has 41 heavy (non-hydrogen) atoms. The summed E-state index contributed by atoms with van der Waals surface area (Å²) in [6.07, 6.45) is 0.636. The fourth-order valence-electron chi connectivity index (χ4n) is 3.68. The smallest absolute Gasteiger partial charge is 0.383 e. The topological polar surface area (TPSA) is 156 Å². The number of rotatable bonds is 11. The molecule has 0 bridgehead atoms. The summed E-state index contributed by atoms with van der Waals surface area (Å²) < 4.78 is 44.2. The molecule has 1 unspecified atom stereocenters. The van der Waals surface area contributed by atoms with E-state index in [2.05, 4.69) is 10.3 Å². The fraction of sp³-hybridized carbons (Fsp3) is 0.259. The number of nitrogen functional groups attached to an aromatic ring is 1. The molecule has 3 aromatic rings. The van der Waals surface area contributed by atoms with Gasteiger partial charge in [0.05, 0.1) is 18.8 Å². The molecule has 3 amide bonds. The molecule has 0 saturated carbocycles. The van der Waals surface area contributed by atoms with E-state index in [4.69, 9.17) is 5.73 Å². The number of benzene rings is 2. The van der Waals surface area contributed by atoms with E-state index >= 15 is 0 Å². The molecule has 0 aliphatic heterocycles. The first-order chi connectivity index (χ1) is 19.3. The summed E-state index contributed by atoms with van der Waals surface area (Å²) in [5.41, 5.74) is 5.15. The number of anilines is 1. The Labute approximate surface area is 232 Å². The Morgan fingerprint density at radius 2 is 1.68 bits per heavy atom. The summed E-state index contributed by atoms with van der Waals surface area (Å²) in [7, 11) is 2.71. The predicted molar refractivity (Wildman–Crippen MR) is 142 cm³/mol. The number of ketones is 1. The Hall–Kier alpha value is -5.01. The third-order valence-corrected chi connectivity index (χ3v) is 5.91. The SMILES string of the molecule is CN(C)C(=O)CNC(=O)C(F)(F)C(=O)C(Cc1ccccc1)NC(=O)Cn1c(-c2ccc(F)cc2)ncc(N)c1=O. The van der Waals surface area contributed by atoms with Gasteiger partial charge in [-0.2, -0.15) is 8.78 Å². The first kappa shape index (κ1) is 30.5. The highest BCUT2D eigenvalue weighted by Gasteiger charge is 2.50. The van der Waals surface area contributed by atoms with Crippen molar-refractivity contribution in [2.75, 3.05) is 26.4 Å². The number of amides is 3. The van der Waals surface area contributed by atoms with Gasteiger partial charge in [-0.1, -0.05) is 30.3 Å². The average Bonchev–Trinajstić information content (AvgIpc) is 2.94. The van der Waals surface area contributed by atoms with Gasteiger partial charge in [0.15, 0.2) is 0 Å². The number of aromatic nitrogens is 2. The van der Waals surface area contributed by atoms with Crippen molar-refractivity contribution in [3.63, 3.8) is 0 Å². The van der Waals surface area contributed by atoms with E-state index < -0.39 is 66.4 Å². The van der Waals surface area contributed by atoms with Gasteiger partial charge in [-0.05, 0) is 29.8 Å². The second kappa shape index (κ2) is 12.9. The van der Waals surface area contributed by atoms with Crippen LogP contribution in [0.1, 0.15) is 5.56 Å². The summed E-state index contributed by atoms with van der Waals surface area (Å²) in [6, 6.07) is 10.8. The zero-order chi connectivity index (χ0) is 30.3. The van der Waals surface area contributed by atoms with Crippen LogP contribution in [0.25, 0.3) is 11.4 Å². The third-order valence-electron chi connectivity index (χ3n) is 5.91.